The summed E-state index contributed by atoms with van der Waals surface area (Å²) < 4.78 is 39.2. The molecule has 5 unspecified atom stereocenters. The molecule has 2 saturated carbocycles. The summed E-state index contributed by atoms with van der Waals surface area (Å²) in [5, 5.41) is 2.07. The summed E-state index contributed by atoms with van der Waals surface area (Å²) >= 11 is 0. The summed E-state index contributed by atoms with van der Waals surface area (Å²) in [5.41, 5.74) is 0. The fourth-order valence-corrected chi connectivity index (χ4v) is 5.61. The van der Waals surface area contributed by atoms with Crippen LogP contribution in [0.25, 0.3) is 0 Å². The Hall–Kier alpha value is -1.45. The van der Waals surface area contributed by atoms with Crippen LogP contribution in [0.5, 0.6) is 0 Å². The maximum atomic E-state index is 11.8. The standard InChI is InChI=1S/C14H19NO7S/c1-2-11(16)15-3-4-20-12(17)7-21-13-8-5-9-10(6-8)23(18,19)22-14(9)13/h2,8-10,13-14H,1,3-7H2,(H,15,16). The number of fused-ring (bicyclic) bond motifs is 1. The van der Waals surface area contributed by atoms with Crippen molar-refractivity contribution in [1.29, 1.82) is 0 Å². The highest BCUT2D eigenvalue weighted by atomic mass is 32.2. The Balaban J connectivity index is 1.41. The van der Waals surface area contributed by atoms with Crippen molar-refractivity contribution in [1.82, 2.24) is 5.32 Å². The Morgan fingerprint density at radius 1 is 1.35 bits per heavy atom. The normalized spacial score (nSPS) is 35.9. The smallest absolute Gasteiger partial charge is 0.332 e. The van der Waals surface area contributed by atoms with E-state index < -0.39 is 27.4 Å². The minimum atomic E-state index is -3.48. The van der Waals surface area contributed by atoms with E-state index in [0.717, 1.165) is 12.5 Å². The van der Waals surface area contributed by atoms with Gasteiger partial charge in [0.15, 0.2) is 0 Å². The number of carbonyl (C=O) groups excluding carboxylic acids is 2. The molecule has 0 aromatic carbocycles. The topological polar surface area (TPSA) is 108 Å². The molecule has 128 valence electrons. The molecule has 0 aromatic heterocycles. The lowest BCUT2D eigenvalue weighted by atomic mass is 9.94. The van der Waals surface area contributed by atoms with Crippen LogP contribution in [0.3, 0.4) is 0 Å². The van der Waals surface area contributed by atoms with E-state index in [1.165, 1.54) is 0 Å². The fraction of sp³-hybridized carbons (Fsp3) is 0.714. The molecular weight excluding hydrogens is 326 g/mol. The van der Waals surface area contributed by atoms with Crippen molar-refractivity contribution in [3.8, 4) is 0 Å². The summed E-state index contributed by atoms with van der Waals surface area (Å²) in [7, 11) is -3.48. The van der Waals surface area contributed by atoms with E-state index in [1.807, 2.05) is 0 Å². The molecule has 3 aliphatic rings. The van der Waals surface area contributed by atoms with E-state index in [2.05, 4.69) is 11.9 Å². The maximum absolute atomic E-state index is 11.8. The Kier molecular flexibility index (Phi) is 4.43. The molecule has 2 bridgehead atoms. The monoisotopic (exact) mass is 345 g/mol. The molecule has 2 aliphatic carbocycles. The van der Waals surface area contributed by atoms with Crippen LogP contribution in [0.15, 0.2) is 12.7 Å². The van der Waals surface area contributed by atoms with Crippen molar-refractivity contribution in [3.63, 3.8) is 0 Å². The van der Waals surface area contributed by atoms with E-state index in [4.69, 9.17) is 13.7 Å². The minimum absolute atomic E-state index is 0.0138. The average molecular weight is 345 g/mol. The number of rotatable bonds is 7. The number of hydrogen-bond acceptors (Lipinski definition) is 7. The Morgan fingerprint density at radius 3 is 2.87 bits per heavy atom. The van der Waals surface area contributed by atoms with Crippen molar-refractivity contribution in [2.75, 3.05) is 19.8 Å². The van der Waals surface area contributed by atoms with Gasteiger partial charge in [0.2, 0.25) is 5.91 Å². The maximum Gasteiger partial charge on any atom is 0.332 e. The van der Waals surface area contributed by atoms with Crippen LogP contribution in [0, 0.1) is 11.8 Å². The zero-order valence-electron chi connectivity index (χ0n) is 12.5. The molecule has 1 amide bonds. The van der Waals surface area contributed by atoms with E-state index in [-0.39, 0.29) is 43.6 Å². The van der Waals surface area contributed by atoms with Gasteiger partial charge in [0, 0.05) is 5.92 Å². The number of carbonyl (C=O) groups is 2. The van der Waals surface area contributed by atoms with Crippen molar-refractivity contribution < 1.29 is 31.7 Å². The van der Waals surface area contributed by atoms with Crippen LogP contribution in [0.1, 0.15) is 12.8 Å². The van der Waals surface area contributed by atoms with Gasteiger partial charge in [-0.2, -0.15) is 8.42 Å². The minimum Gasteiger partial charge on any atom is -0.462 e. The lowest BCUT2D eigenvalue weighted by Crippen LogP contribution is -2.37. The third-order valence-corrected chi connectivity index (χ3v) is 6.43. The second kappa shape index (κ2) is 6.21. The second-order valence-electron chi connectivity index (χ2n) is 5.98. The van der Waals surface area contributed by atoms with Gasteiger partial charge in [-0.25, -0.2) is 4.79 Å². The Bertz CT molecular complexity index is 617. The summed E-state index contributed by atoms with van der Waals surface area (Å²) in [6.45, 7) is 3.27. The average Bonchev–Trinajstić information content (AvgIpc) is 3.12. The third-order valence-electron chi connectivity index (χ3n) is 4.66. The highest BCUT2D eigenvalue weighted by Crippen LogP contribution is 2.55. The van der Waals surface area contributed by atoms with Gasteiger partial charge in [0.1, 0.15) is 19.3 Å². The molecule has 8 nitrogen and oxygen atoms in total. The zero-order chi connectivity index (χ0) is 16.6. The van der Waals surface area contributed by atoms with E-state index in [9.17, 15) is 18.0 Å². The SMILES string of the molecule is C=CC(=O)NCCOC(=O)COC1C2CC3C1OS(=O)(=O)C3C2. The Morgan fingerprint density at radius 2 is 2.13 bits per heavy atom. The van der Waals surface area contributed by atoms with Gasteiger partial charge >= 0.3 is 5.97 Å². The number of esters is 1. The van der Waals surface area contributed by atoms with Gasteiger partial charge in [-0.05, 0) is 24.8 Å². The lowest BCUT2D eigenvalue weighted by molar-refractivity contribution is -0.154. The molecule has 1 heterocycles. The van der Waals surface area contributed by atoms with Gasteiger partial charge in [-0.1, -0.05) is 6.58 Å². The first-order valence-electron chi connectivity index (χ1n) is 7.52. The highest BCUT2D eigenvalue weighted by molar-refractivity contribution is 7.87. The van der Waals surface area contributed by atoms with Crippen molar-refractivity contribution >= 4 is 22.0 Å². The van der Waals surface area contributed by atoms with Gasteiger partial charge in [0.25, 0.3) is 10.1 Å². The molecule has 0 aromatic rings. The first kappa shape index (κ1) is 16.4. The Labute approximate surface area is 134 Å². The molecule has 9 heteroatoms. The van der Waals surface area contributed by atoms with Gasteiger partial charge in [0.05, 0.1) is 17.9 Å². The number of ether oxygens (including phenoxy) is 2. The third kappa shape index (κ3) is 3.13. The van der Waals surface area contributed by atoms with Gasteiger partial charge in [-0.3, -0.25) is 8.98 Å². The first-order chi connectivity index (χ1) is 10.9. The molecule has 3 fully saturated rings. The molecule has 1 N–H and O–H groups in total. The van der Waals surface area contributed by atoms with Crippen LogP contribution in [-0.4, -0.2) is 57.5 Å². The number of hydrogen-bond donors (Lipinski definition) is 1. The van der Waals surface area contributed by atoms with Gasteiger partial charge in [-0.15, -0.1) is 0 Å². The largest absolute Gasteiger partial charge is 0.462 e. The molecule has 5 atom stereocenters. The highest BCUT2D eigenvalue weighted by Gasteiger charge is 2.64. The van der Waals surface area contributed by atoms with Crippen LogP contribution in [0.2, 0.25) is 0 Å². The van der Waals surface area contributed by atoms with E-state index in [1.54, 1.807) is 0 Å². The summed E-state index contributed by atoms with van der Waals surface area (Å²) in [5.74, 6) is -0.793. The van der Waals surface area contributed by atoms with Crippen molar-refractivity contribution in [2.24, 2.45) is 11.8 Å². The van der Waals surface area contributed by atoms with E-state index >= 15 is 0 Å². The molecule has 1 aliphatic heterocycles. The lowest BCUT2D eigenvalue weighted by Gasteiger charge is -2.24. The van der Waals surface area contributed by atoms with Gasteiger partial charge < -0.3 is 14.8 Å². The molecular formula is C14H19NO7S. The van der Waals surface area contributed by atoms with Crippen LogP contribution in [0.4, 0.5) is 0 Å². The molecule has 0 spiro atoms. The molecule has 23 heavy (non-hydrogen) atoms. The summed E-state index contributed by atoms with van der Waals surface area (Å²) in [6, 6.07) is 0. The molecule has 0 radical (unpaired) electrons. The van der Waals surface area contributed by atoms with E-state index in [0.29, 0.717) is 6.42 Å². The molecule has 1 saturated heterocycles. The predicted molar refractivity (Wildman–Crippen MR) is 77.7 cm³/mol. The predicted octanol–water partition coefficient (Wildman–Crippen LogP) is -0.646. The molecule has 3 rings (SSSR count). The zero-order valence-corrected chi connectivity index (χ0v) is 13.3. The quantitative estimate of drug-likeness (QED) is 0.283. The second-order valence-corrected chi connectivity index (χ2v) is 7.76. The van der Waals surface area contributed by atoms with Crippen LogP contribution in [-0.2, 0) is 33.4 Å². The summed E-state index contributed by atoms with van der Waals surface area (Å²) in [4.78, 5) is 22.5. The number of nitrogens with one attached hydrogen (secondary N) is 1. The first-order valence-corrected chi connectivity index (χ1v) is 8.99. The van der Waals surface area contributed by atoms with Crippen molar-refractivity contribution in [2.45, 2.75) is 30.3 Å². The van der Waals surface area contributed by atoms with Crippen LogP contribution >= 0.6 is 0 Å². The number of amides is 1. The summed E-state index contributed by atoms with van der Waals surface area (Å²) in [6.07, 6.45) is 1.59. The van der Waals surface area contributed by atoms with Crippen molar-refractivity contribution in [3.05, 3.63) is 12.7 Å². The fourth-order valence-electron chi connectivity index (χ4n) is 3.73. The van der Waals surface area contributed by atoms with Crippen LogP contribution < -0.4 is 5.32 Å².